The smallest absolute Gasteiger partial charge is 0.239 e. The van der Waals surface area contributed by atoms with Gasteiger partial charge < -0.3 is 10.6 Å². The monoisotopic (exact) mass is 359 g/mol. The standard InChI is InChI=1S/C22H21N3O2/c26-21(24-13-15-4-3-9-23-12-15)14-25-22(27)20-11-19(20)18-8-7-16-5-1-2-6-17(16)10-18/h1-10,12,19-20H,11,13-14H2,(H,24,26)(H,25,27)/t19-,20+/m0/s1. The van der Waals surface area contributed by atoms with E-state index in [1.54, 1.807) is 12.4 Å². The van der Waals surface area contributed by atoms with E-state index in [-0.39, 0.29) is 30.2 Å². The Kier molecular flexibility index (Phi) is 4.83. The van der Waals surface area contributed by atoms with E-state index in [1.165, 1.54) is 16.3 Å². The van der Waals surface area contributed by atoms with Crippen LogP contribution in [0.4, 0.5) is 0 Å². The number of rotatable bonds is 6. The first kappa shape index (κ1) is 17.2. The second kappa shape index (κ2) is 7.58. The average Bonchev–Trinajstić information content (AvgIpc) is 3.52. The van der Waals surface area contributed by atoms with E-state index in [1.807, 2.05) is 24.3 Å². The average molecular weight is 359 g/mol. The number of pyridine rings is 1. The summed E-state index contributed by atoms with van der Waals surface area (Å²) in [6.07, 6.45) is 4.23. The minimum absolute atomic E-state index is 0.0000355. The van der Waals surface area contributed by atoms with Crippen LogP contribution in [0, 0.1) is 5.92 Å². The molecule has 2 amide bonds. The normalized spacial score (nSPS) is 18.1. The molecule has 0 saturated heterocycles. The fourth-order valence-corrected chi connectivity index (χ4v) is 3.36. The van der Waals surface area contributed by atoms with Crippen molar-refractivity contribution in [2.45, 2.75) is 18.9 Å². The van der Waals surface area contributed by atoms with Gasteiger partial charge in [-0.2, -0.15) is 0 Å². The molecular weight excluding hydrogens is 338 g/mol. The predicted molar refractivity (Wildman–Crippen MR) is 104 cm³/mol. The van der Waals surface area contributed by atoms with Crippen molar-refractivity contribution >= 4 is 22.6 Å². The fraction of sp³-hybridized carbons (Fsp3) is 0.227. The van der Waals surface area contributed by atoms with E-state index in [0.717, 1.165) is 12.0 Å². The van der Waals surface area contributed by atoms with Crippen molar-refractivity contribution in [3.05, 3.63) is 78.1 Å². The van der Waals surface area contributed by atoms with Crippen LogP contribution in [-0.2, 0) is 16.1 Å². The van der Waals surface area contributed by atoms with E-state index in [0.29, 0.717) is 6.54 Å². The molecule has 5 nitrogen and oxygen atoms in total. The van der Waals surface area contributed by atoms with Gasteiger partial charge in [0.2, 0.25) is 11.8 Å². The maximum Gasteiger partial charge on any atom is 0.239 e. The van der Waals surface area contributed by atoms with Gasteiger partial charge in [0.1, 0.15) is 0 Å². The van der Waals surface area contributed by atoms with Crippen molar-refractivity contribution in [2.75, 3.05) is 6.54 Å². The van der Waals surface area contributed by atoms with E-state index >= 15 is 0 Å². The van der Waals surface area contributed by atoms with Gasteiger partial charge in [-0.15, -0.1) is 0 Å². The largest absolute Gasteiger partial charge is 0.350 e. The molecule has 3 aromatic rings. The van der Waals surface area contributed by atoms with Gasteiger partial charge in [0.25, 0.3) is 0 Å². The van der Waals surface area contributed by atoms with Gasteiger partial charge >= 0.3 is 0 Å². The molecule has 1 heterocycles. The zero-order valence-corrected chi connectivity index (χ0v) is 14.9. The third-order valence-corrected chi connectivity index (χ3v) is 4.96. The first-order chi connectivity index (χ1) is 13.2. The Morgan fingerprint density at radius 3 is 2.67 bits per heavy atom. The number of fused-ring (bicyclic) bond motifs is 1. The van der Waals surface area contributed by atoms with Gasteiger partial charge in [-0.1, -0.05) is 48.5 Å². The Bertz CT molecular complexity index is 971. The predicted octanol–water partition coefficient (Wildman–Crippen LogP) is 2.77. The highest BCUT2D eigenvalue weighted by Gasteiger charge is 2.43. The highest BCUT2D eigenvalue weighted by molar-refractivity contribution is 5.88. The van der Waals surface area contributed by atoms with Crippen molar-refractivity contribution in [3.63, 3.8) is 0 Å². The number of nitrogens with one attached hydrogen (secondary N) is 2. The molecule has 1 saturated carbocycles. The molecule has 0 spiro atoms. The van der Waals surface area contributed by atoms with Crippen molar-refractivity contribution in [2.24, 2.45) is 5.92 Å². The molecule has 1 aromatic heterocycles. The number of amides is 2. The van der Waals surface area contributed by atoms with Crippen molar-refractivity contribution < 1.29 is 9.59 Å². The number of hydrogen-bond donors (Lipinski definition) is 2. The SMILES string of the molecule is O=C(CNC(=O)[C@@H]1C[C@H]1c1ccc2ccccc2c1)NCc1cccnc1. The number of carbonyl (C=O) groups excluding carboxylic acids is 2. The lowest BCUT2D eigenvalue weighted by molar-refractivity contribution is -0.126. The summed E-state index contributed by atoms with van der Waals surface area (Å²) in [4.78, 5) is 28.2. The van der Waals surface area contributed by atoms with Gasteiger partial charge in [-0.25, -0.2) is 0 Å². The quantitative estimate of drug-likeness (QED) is 0.711. The van der Waals surface area contributed by atoms with Crippen LogP contribution in [0.3, 0.4) is 0 Å². The number of benzene rings is 2. The first-order valence-corrected chi connectivity index (χ1v) is 9.13. The summed E-state index contributed by atoms with van der Waals surface area (Å²) in [5.41, 5.74) is 2.12. The summed E-state index contributed by atoms with van der Waals surface area (Å²) in [6.45, 7) is 0.408. The molecule has 2 aromatic carbocycles. The van der Waals surface area contributed by atoms with Crippen molar-refractivity contribution in [1.82, 2.24) is 15.6 Å². The zero-order chi connectivity index (χ0) is 18.6. The Hall–Kier alpha value is -3.21. The van der Waals surface area contributed by atoms with Crippen LogP contribution in [0.25, 0.3) is 10.8 Å². The second-order valence-corrected chi connectivity index (χ2v) is 6.91. The molecule has 1 aliphatic rings. The summed E-state index contributed by atoms with van der Waals surface area (Å²) in [6, 6.07) is 18.3. The highest BCUT2D eigenvalue weighted by atomic mass is 16.2. The maximum absolute atomic E-state index is 12.3. The van der Waals surface area contributed by atoms with Gasteiger partial charge in [0.15, 0.2) is 0 Å². The molecule has 2 atom stereocenters. The lowest BCUT2D eigenvalue weighted by Crippen LogP contribution is -2.37. The van der Waals surface area contributed by atoms with E-state index < -0.39 is 0 Å². The third-order valence-electron chi connectivity index (χ3n) is 4.96. The van der Waals surface area contributed by atoms with Crippen LogP contribution >= 0.6 is 0 Å². The Balaban J connectivity index is 1.26. The molecule has 1 fully saturated rings. The minimum Gasteiger partial charge on any atom is -0.350 e. The molecule has 1 aliphatic carbocycles. The molecule has 4 rings (SSSR count). The molecule has 0 unspecified atom stereocenters. The Morgan fingerprint density at radius 1 is 1.00 bits per heavy atom. The fourth-order valence-electron chi connectivity index (χ4n) is 3.36. The van der Waals surface area contributed by atoms with Crippen LogP contribution < -0.4 is 10.6 Å². The van der Waals surface area contributed by atoms with Crippen molar-refractivity contribution in [1.29, 1.82) is 0 Å². The van der Waals surface area contributed by atoms with Gasteiger partial charge in [0.05, 0.1) is 6.54 Å². The summed E-state index contributed by atoms with van der Waals surface area (Å²) >= 11 is 0. The zero-order valence-electron chi connectivity index (χ0n) is 14.9. The van der Waals surface area contributed by atoms with Crippen molar-refractivity contribution in [3.8, 4) is 0 Å². The Labute approximate surface area is 157 Å². The number of nitrogens with zero attached hydrogens (tertiary/aromatic N) is 1. The molecule has 2 N–H and O–H groups in total. The molecule has 0 bridgehead atoms. The number of carbonyl (C=O) groups is 2. The summed E-state index contributed by atoms with van der Waals surface area (Å²) in [5.74, 6) is -0.0508. The molecule has 136 valence electrons. The number of hydrogen-bond acceptors (Lipinski definition) is 3. The van der Waals surface area contributed by atoms with E-state index in [4.69, 9.17) is 0 Å². The maximum atomic E-state index is 12.3. The third kappa shape index (κ3) is 4.14. The van der Waals surface area contributed by atoms with Crippen LogP contribution in [0.2, 0.25) is 0 Å². The van der Waals surface area contributed by atoms with E-state index in [2.05, 4.69) is 45.9 Å². The second-order valence-electron chi connectivity index (χ2n) is 6.91. The van der Waals surface area contributed by atoms with Gasteiger partial charge in [-0.05, 0) is 40.3 Å². The molecule has 5 heteroatoms. The molecule has 0 radical (unpaired) electrons. The number of aromatic nitrogens is 1. The lowest BCUT2D eigenvalue weighted by atomic mass is 10.0. The minimum atomic E-state index is -0.199. The van der Waals surface area contributed by atoms with Crippen LogP contribution in [-0.4, -0.2) is 23.3 Å². The molecule has 0 aliphatic heterocycles. The van der Waals surface area contributed by atoms with Gasteiger partial charge in [0, 0.05) is 24.9 Å². The first-order valence-electron chi connectivity index (χ1n) is 9.13. The topological polar surface area (TPSA) is 71.1 Å². The summed E-state index contributed by atoms with van der Waals surface area (Å²) < 4.78 is 0. The van der Waals surface area contributed by atoms with Crippen LogP contribution in [0.15, 0.2) is 67.0 Å². The molecule has 27 heavy (non-hydrogen) atoms. The highest BCUT2D eigenvalue weighted by Crippen LogP contribution is 2.48. The van der Waals surface area contributed by atoms with E-state index in [9.17, 15) is 9.59 Å². The van der Waals surface area contributed by atoms with Crippen LogP contribution in [0.1, 0.15) is 23.5 Å². The van der Waals surface area contributed by atoms with Gasteiger partial charge in [-0.3, -0.25) is 14.6 Å². The Morgan fingerprint density at radius 2 is 1.85 bits per heavy atom. The lowest BCUT2D eigenvalue weighted by Gasteiger charge is -2.07. The van der Waals surface area contributed by atoms with Crippen LogP contribution in [0.5, 0.6) is 0 Å². The summed E-state index contributed by atoms with van der Waals surface area (Å²) in [7, 11) is 0. The molecular formula is C22H21N3O2. The summed E-state index contributed by atoms with van der Waals surface area (Å²) in [5, 5.41) is 7.93.